The monoisotopic (exact) mass is 355 g/mol. The Labute approximate surface area is 153 Å². The van der Waals surface area contributed by atoms with Gasteiger partial charge in [-0.25, -0.2) is 9.67 Å². The van der Waals surface area contributed by atoms with Gasteiger partial charge in [-0.2, -0.15) is 4.98 Å². The van der Waals surface area contributed by atoms with Crippen LogP contribution in [-0.4, -0.2) is 34.9 Å². The molecule has 0 radical (unpaired) electrons. The lowest BCUT2D eigenvalue weighted by Crippen LogP contribution is -2.03. The second-order valence-electron chi connectivity index (χ2n) is 5.92. The van der Waals surface area contributed by atoms with Gasteiger partial charge in [-0.3, -0.25) is 9.97 Å². The fourth-order valence-electron chi connectivity index (χ4n) is 2.82. The molecule has 0 aliphatic carbocycles. The molecule has 8 nitrogen and oxygen atoms in total. The van der Waals surface area contributed by atoms with Crippen molar-refractivity contribution in [2.24, 2.45) is 0 Å². The molecule has 4 heterocycles. The third kappa shape index (κ3) is 3.04. The number of pyridine rings is 2. The first-order chi connectivity index (χ1) is 13.3. The molecule has 27 heavy (non-hydrogen) atoms. The maximum atomic E-state index is 5.71. The van der Waals surface area contributed by atoms with E-state index in [1.54, 1.807) is 35.4 Å². The first-order valence-electron chi connectivity index (χ1n) is 8.33. The van der Waals surface area contributed by atoms with Crippen LogP contribution < -0.4 is 4.74 Å². The molecule has 4 aromatic heterocycles. The Kier molecular flexibility index (Phi) is 3.64. The summed E-state index contributed by atoms with van der Waals surface area (Å²) in [5.74, 6) is 0.953. The number of hydrogen-bond donors (Lipinski definition) is 0. The summed E-state index contributed by atoms with van der Waals surface area (Å²) < 4.78 is 7.41. The lowest BCUT2D eigenvalue weighted by Gasteiger charge is -2.05. The van der Waals surface area contributed by atoms with Crippen LogP contribution in [0.15, 0.2) is 67.3 Å². The zero-order valence-corrected chi connectivity index (χ0v) is 14.1. The van der Waals surface area contributed by atoms with Gasteiger partial charge in [0.15, 0.2) is 0 Å². The fourth-order valence-corrected chi connectivity index (χ4v) is 2.82. The van der Waals surface area contributed by atoms with Crippen molar-refractivity contribution in [3.8, 4) is 11.6 Å². The van der Waals surface area contributed by atoms with Crippen LogP contribution in [0.1, 0.15) is 5.56 Å². The fraction of sp³-hybridized carbons (Fsp3) is 0.0526. The molecule has 0 aliphatic rings. The Morgan fingerprint density at radius 3 is 2.85 bits per heavy atom. The Hall–Kier alpha value is -3.94. The van der Waals surface area contributed by atoms with Gasteiger partial charge in [-0.1, -0.05) is 17.3 Å². The minimum absolute atomic E-state index is 0.363. The zero-order valence-electron chi connectivity index (χ0n) is 14.1. The van der Waals surface area contributed by atoms with E-state index in [4.69, 9.17) is 4.74 Å². The lowest BCUT2D eigenvalue weighted by atomic mass is 10.1. The predicted octanol–water partition coefficient (Wildman–Crippen LogP) is 3.01. The van der Waals surface area contributed by atoms with Crippen molar-refractivity contribution in [2.45, 2.75) is 6.54 Å². The number of nitrogens with zero attached hydrogens (tertiary/aromatic N) is 7. The number of fused-ring (bicyclic) bond motifs is 2. The third-order valence-electron chi connectivity index (χ3n) is 4.06. The number of hydrogen-bond acceptors (Lipinski definition) is 7. The maximum absolute atomic E-state index is 5.71. The van der Waals surface area contributed by atoms with E-state index in [2.05, 4.69) is 36.3 Å². The van der Waals surface area contributed by atoms with Crippen molar-refractivity contribution in [3.05, 3.63) is 72.8 Å². The SMILES string of the molecule is c1cncc(Oc2cnc3nnn(Cc4ccc5ncccc5c4)c3n2)c1. The molecule has 0 spiro atoms. The second-order valence-corrected chi connectivity index (χ2v) is 5.92. The highest BCUT2D eigenvalue weighted by molar-refractivity contribution is 5.79. The van der Waals surface area contributed by atoms with Crippen LogP contribution in [0.25, 0.3) is 22.2 Å². The summed E-state index contributed by atoms with van der Waals surface area (Å²) in [5.41, 5.74) is 3.05. The smallest absolute Gasteiger partial charge is 0.240 e. The lowest BCUT2D eigenvalue weighted by molar-refractivity contribution is 0.459. The van der Waals surface area contributed by atoms with Crippen LogP contribution >= 0.6 is 0 Å². The average Bonchev–Trinajstić information content (AvgIpc) is 3.11. The van der Waals surface area contributed by atoms with E-state index in [9.17, 15) is 0 Å². The molecule has 0 atom stereocenters. The standard InChI is InChI=1S/C19H13N7O/c1-3-14-9-13(5-6-16(14)21-8-1)12-26-19-18(24-25-26)22-11-17(23-19)27-15-4-2-7-20-10-15/h1-11H,12H2. The quantitative estimate of drug-likeness (QED) is 0.489. The molecule has 0 bridgehead atoms. The molecule has 5 rings (SSSR count). The van der Waals surface area contributed by atoms with Crippen LogP contribution in [0.3, 0.4) is 0 Å². The molecule has 8 heteroatoms. The highest BCUT2D eigenvalue weighted by Crippen LogP contribution is 2.20. The summed E-state index contributed by atoms with van der Waals surface area (Å²) in [6.07, 6.45) is 6.60. The van der Waals surface area contributed by atoms with E-state index in [-0.39, 0.29) is 0 Å². The summed E-state index contributed by atoms with van der Waals surface area (Å²) in [6.45, 7) is 0.520. The molecule has 130 valence electrons. The van der Waals surface area contributed by atoms with Crippen molar-refractivity contribution in [3.63, 3.8) is 0 Å². The maximum Gasteiger partial charge on any atom is 0.240 e. The molecule has 0 unspecified atom stereocenters. The molecular weight excluding hydrogens is 342 g/mol. The number of rotatable bonds is 4. The van der Waals surface area contributed by atoms with E-state index < -0.39 is 0 Å². The van der Waals surface area contributed by atoms with Gasteiger partial charge in [-0.05, 0) is 35.9 Å². The summed E-state index contributed by atoms with van der Waals surface area (Å²) >= 11 is 0. The molecular formula is C19H13N7O. The van der Waals surface area contributed by atoms with Crippen molar-refractivity contribution < 1.29 is 4.74 Å². The molecule has 0 aliphatic heterocycles. The van der Waals surface area contributed by atoms with Crippen LogP contribution in [0, 0.1) is 0 Å². The second kappa shape index (κ2) is 6.41. The zero-order chi connectivity index (χ0) is 18.1. The predicted molar refractivity (Wildman–Crippen MR) is 98.3 cm³/mol. The minimum Gasteiger partial charge on any atom is -0.436 e. The number of ether oxygens (including phenoxy) is 1. The van der Waals surface area contributed by atoms with E-state index in [1.165, 1.54) is 6.20 Å². The largest absolute Gasteiger partial charge is 0.436 e. The summed E-state index contributed by atoms with van der Waals surface area (Å²) in [4.78, 5) is 17.1. The third-order valence-corrected chi connectivity index (χ3v) is 4.06. The van der Waals surface area contributed by atoms with Crippen LogP contribution in [0.5, 0.6) is 11.6 Å². The Morgan fingerprint density at radius 1 is 0.963 bits per heavy atom. The Morgan fingerprint density at radius 2 is 1.93 bits per heavy atom. The van der Waals surface area contributed by atoms with E-state index in [0.717, 1.165) is 16.5 Å². The highest BCUT2D eigenvalue weighted by Gasteiger charge is 2.11. The summed E-state index contributed by atoms with van der Waals surface area (Å²) in [7, 11) is 0. The topological polar surface area (TPSA) is 91.5 Å². The number of aromatic nitrogens is 7. The van der Waals surface area contributed by atoms with Crippen molar-refractivity contribution in [2.75, 3.05) is 0 Å². The molecule has 0 saturated carbocycles. The molecule has 0 fully saturated rings. The van der Waals surface area contributed by atoms with Gasteiger partial charge in [-0.15, -0.1) is 5.10 Å². The molecule has 1 aromatic carbocycles. The van der Waals surface area contributed by atoms with Gasteiger partial charge in [0.05, 0.1) is 24.5 Å². The van der Waals surface area contributed by atoms with Gasteiger partial charge in [0.25, 0.3) is 0 Å². The van der Waals surface area contributed by atoms with Crippen LogP contribution in [0.4, 0.5) is 0 Å². The summed E-state index contributed by atoms with van der Waals surface area (Å²) in [5, 5.41) is 9.34. The van der Waals surface area contributed by atoms with Crippen molar-refractivity contribution in [1.29, 1.82) is 0 Å². The first-order valence-corrected chi connectivity index (χ1v) is 8.33. The van der Waals surface area contributed by atoms with Gasteiger partial charge < -0.3 is 4.74 Å². The molecule has 5 aromatic rings. The van der Waals surface area contributed by atoms with Crippen LogP contribution in [-0.2, 0) is 6.54 Å². The molecule has 0 saturated heterocycles. The molecule has 0 N–H and O–H groups in total. The van der Waals surface area contributed by atoms with Gasteiger partial charge in [0.1, 0.15) is 5.75 Å². The van der Waals surface area contributed by atoms with Crippen molar-refractivity contribution in [1.82, 2.24) is 34.9 Å². The van der Waals surface area contributed by atoms with E-state index >= 15 is 0 Å². The van der Waals surface area contributed by atoms with E-state index in [1.807, 2.05) is 24.3 Å². The summed E-state index contributed by atoms with van der Waals surface area (Å²) in [6, 6.07) is 13.6. The first kappa shape index (κ1) is 15.3. The van der Waals surface area contributed by atoms with Gasteiger partial charge >= 0.3 is 0 Å². The van der Waals surface area contributed by atoms with Crippen molar-refractivity contribution >= 4 is 22.2 Å². The minimum atomic E-state index is 0.363. The Balaban J connectivity index is 1.48. The average molecular weight is 355 g/mol. The number of benzene rings is 1. The normalized spacial score (nSPS) is 11.1. The van der Waals surface area contributed by atoms with Crippen LogP contribution in [0.2, 0.25) is 0 Å². The van der Waals surface area contributed by atoms with Gasteiger partial charge in [0, 0.05) is 17.8 Å². The Bertz CT molecular complexity index is 1240. The highest BCUT2D eigenvalue weighted by atomic mass is 16.5. The van der Waals surface area contributed by atoms with Gasteiger partial charge in [0.2, 0.25) is 17.2 Å². The molecule has 0 amide bonds. The van der Waals surface area contributed by atoms with E-state index in [0.29, 0.717) is 29.5 Å².